The van der Waals surface area contributed by atoms with Crippen molar-refractivity contribution in [1.29, 1.82) is 0 Å². The van der Waals surface area contributed by atoms with Crippen LogP contribution in [0.4, 0.5) is 0 Å². The molecule has 0 atom stereocenters. The Balaban J connectivity index is 0.620. The zero-order valence-corrected chi connectivity index (χ0v) is 55.4. The standard InChI is InChI=1S/C95H60N6/c1-95(2)80-55-63(37-45-68(80)69-46-44-67(56-81(69)95)101-85-34-16-12-28-73(85)79-54-62(41-50-89(79)101)60-39-48-87-77(52-60)71-26-10-14-32-83(71)99(87)65-23-7-4-8-24-65)94-96-92(91-74-29-17-19-57-20-18-30-75(90(57)74)93(91)97-94)58-35-42-66(43-36-58)100-84-33-15-11-27-72(84)78-53-61(40-49-88(78)100)59-38-47-86-76(51-59)70-25-9-13-31-82(70)98(86)64-21-5-3-6-22-64/h3-56H,1-2H3. The summed E-state index contributed by atoms with van der Waals surface area (Å²) < 4.78 is 9.65. The van der Waals surface area contributed by atoms with Crippen LogP contribution in [-0.2, 0) is 5.41 Å². The van der Waals surface area contributed by atoms with Crippen LogP contribution in [0.2, 0.25) is 0 Å². The molecule has 0 amide bonds. The molecule has 22 rings (SSSR count). The Morgan fingerprint density at radius 2 is 0.594 bits per heavy atom. The number of benzene rings is 15. The first-order chi connectivity index (χ1) is 49.8. The van der Waals surface area contributed by atoms with E-state index >= 15 is 0 Å². The highest BCUT2D eigenvalue weighted by molar-refractivity contribution is 6.18. The number of para-hydroxylation sites is 6. The normalized spacial score (nSPS) is 12.9. The Morgan fingerprint density at radius 3 is 1.07 bits per heavy atom. The fourth-order valence-electron chi connectivity index (χ4n) is 17.6. The highest BCUT2D eigenvalue weighted by Crippen LogP contribution is 2.54. The maximum atomic E-state index is 5.71. The molecule has 2 aliphatic carbocycles. The van der Waals surface area contributed by atoms with Gasteiger partial charge in [0.15, 0.2) is 5.82 Å². The maximum absolute atomic E-state index is 5.71. The smallest absolute Gasteiger partial charge is 0.160 e. The molecule has 0 N–H and O–H groups in total. The number of nitrogens with zero attached hydrogens (tertiary/aromatic N) is 6. The van der Waals surface area contributed by atoms with Gasteiger partial charge in [-0.25, -0.2) is 9.97 Å². The fourth-order valence-corrected chi connectivity index (χ4v) is 17.6. The minimum atomic E-state index is -0.337. The zero-order chi connectivity index (χ0) is 66.3. The molecule has 0 saturated heterocycles. The second-order valence-corrected chi connectivity index (χ2v) is 28.0. The molecule has 0 spiro atoms. The molecule has 0 aliphatic heterocycles. The second-order valence-electron chi connectivity index (χ2n) is 28.0. The van der Waals surface area contributed by atoms with E-state index in [1.165, 1.54) is 137 Å². The summed E-state index contributed by atoms with van der Waals surface area (Å²) in [5.74, 6) is 0.714. The van der Waals surface area contributed by atoms with E-state index in [1.54, 1.807) is 0 Å². The molecule has 101 heavy (non-hydrogen) atoms. The van der Waals surface area contributed by atoms with Crippen molar-refractivity contribution in [1.82, 2.24) is 28.2 Å². The molecular weight excluding hydrogens is 1230 g/mol. The molecule has 0 fully saturated rings. The van der Waals surface area contributed by atoms with E-state index in [0.717, 1.165) is 67.4 Å². The van der Waals surface area contributed by atoms with Gasteiger partial charge in [-0.05, 0) is 188 Å². The van der Waals surface area contributed by atoms with Crippen LogP contribution in [0.15, 0.2) is 328 Å². The van der Waals surface area contributed by atoms with Crippen molar-refractivity contribution in [2.45, 2.75) is 19.3 Å². The maximum Gasteiger partial charge on any atom is 0.160 e. The number of aromatic nitrogens is 6. The molecule has 0 radical (unpaired) electrons. The van der Waals surface area contributed by atoms with Crippen molar-refractivity contribution >= 4 is 98.0 Å². The summed E-state index contributed by atoms with van der Waals surface area (Å²) in [6, 6.07) is 121. The van der Waals surface area contributed by atoms with Crippen LogP contribution < -0.4 is 0 Å². The quantitative estimate of drug-likeness (QED) is 0.152. The third-order valence-electron chi connectivity index (χ3n) is 22.3. The first kappa shape index (κ1) is 55.9. The average molecular weight is 1290 g/mol. The molecule has 15 aromatic carbocycles. The lowest BCUT2D eigenvalue weighted by molar-refractivity contribution is 0.660. The van der Waals surface area contributed by atoms with Crippen LogP contribution in [0, 0.1) is 0 Å². The van der Waals surface area contributed by atoms with Crippen molar-refractivity contribution in [2.75, 3.05) is 0 Å². The number of fused-ring (bicyclic) bond motifs is 18. The Kier molecular flexibility index (Phi) is 11.6. The van der Waals surface area contributed by atoms with Gasteiger partial charge >= 0.3 is 0 Å². The highest BCUT2D eigenvalue weighted by Gasteiger charge is 2.37. The van der Waals surface area contributed by atoms with Crippen LogP contribution in [0.1, 0.15) is 25.0 Å². The van der Waals surface area contributed by atoms with Crippen LogP contribution in [-0.4, -0.2) is 28.2 Å². The van der Waals surface area contributed by atoms with Crippen molar-refractivity contribution in [3.8, 4) is 101 Å². The van der Waals surface area contributed by atoms with E-state index in [1.807, 2.05) is 0 Å². The lowest BCUT2D eigenvalue weighted by atomic mass is 9.81. The average Bonchev–Trinajstić information content (AvgIpc) is 1.56. The Labute approximate surface area is 581 Å². The molecule has 470 valence electrons. The molecule has 0 bridgehead atoms. The Morgan fingerprint density at radius 1 is 0.238 bits per heavy atom. The number of rotatable bonds is 8. The predicted molar refractivity (Wildman–Crippen MR) is 421 cm³/mol. The van der Waals surface area contributed by atoms with Crippen molar-refractivity contribution < 1.29 is 0 Å². The van der Waals surface area contributed by atoms with Crippen molar-refractivity contribution in [2.24, 2.45) is 0 Å². The Hall–Kier alpha value is -13.2. The van der Waals surface area contributed by atoms with Gasteiger partial charge in [0.1, 0.15) is 0 Å². The van der Waals surface area contributed by atoms with E-state index in [-0.39, 0.29) is 5.41 Å². The third-order valence-corrected chi connectivity index (χ3v) is 22.3. The topological polar surface area (TPSA) is 45.5 Å². The summed E-state index contributed by atoms with van der Waals surface area (Å²) in [6.07, 6.45) is 0. The first-order valence-electron chi connectivity index (χ1n) is 34.9. The van der Waals surface area contributed by atoms with E-state index in [0.29, 0.717) is 5.82 Å². The van der Waals surface area contributed by atoms with Gasteiger partial charge in [-0.3, -0.25) is 0 Å². The van der Waals surface area contributed by atoms with Gasteiger partial charge in [0.2, 0.25) is 0 Å². The fraction of sp³-hybridized carbons (Fsp3) is 0.0316. The molecule has 6 heteroatoms. The van der Waals surface area contributed by atoms with Gasteiger partial charge in [0.25, 0.3) is 0 Å². The van der Waals surface area contributed by atoms with E-state index < -0.39 is 0 Å². The molecular formula is C95H60N6. The number of hydrogen-bond donors (Lipinski definition) is 0. The highest BCUT2D eigenvalue weighted by atomic mass is 15.0. The lowest BCUT2D eigenvalue weighted by Gasteiger charge is -2.23. The zero-order valence-electron chi connectivity index (χ0n) is 55.4. The molecule has 0 unspecified atom stereocenters. The SMILES string of the molecule is CC1(C)c2cc(-c3nc(-c4ccc(-n5c6ccccc6c6cc(-c7ccc8c(c7)c7ccccc7n8-c7ccccc7)ccc65)cc4)c4c(n3)-c3cccc5cccc-4c35)ccc2-c2ccc(-n3c4ccccc4c4cc(-c5ccc6c(c5)c5ccccc5n6-c5ccccc5)ccc43)cc21. The summed E-state index contributed by atoms with van der Waals surface area (Å²) in [7, 11) is 0. The summed E-state index contributed by atoms with van der Waals surface area (Å²) in [4.78, 5) is 11.3. The molecule has 6 nitrogen and oxygen atoms in total. The minimum absolute atomic E-state index is 0.337. The molecule has 2 aliphatic rings. The van der Waals surface area contributed by atoms with Gasteiger partial charge in [-0.15, -0.1) is 0 Å². The van der Waals surface area contributed by atoms with Crippen molar-refractivity contribution in [3.63, 3.8) is 0 Å². The van der Waals surface area contributed by atoms with Gasteiger partial charge < -0.3 is 18.3 Å². The number of hydrogen-bond acceptors (Lipinski definition) is 2. The summed E-state index contributed by atoms with van der Waals surface area (Å²) in [5.41, 5.74) is 30.9. The monoisotopic (exact) mass is 1280 g/mol. The van der Waals surface area contributed by atoms with Crippen LogP contribution in [0.5, 0.6) is 0 Å². The summed E-state index contributed by atoms with van der Waals surface area (Å²) in [5, 5.41) is 12.3. The largest absolute Gasteiger partial charge is 0.309 e. The Bertz CT molecular complexity index is 6950. The second kappa shape index (κ2) is 20.9. The first-order valence-corrected chi connectivity index (χ1v) is 34.9. The lowest BCUT2D eigenvalue weighted by Crippen LogP contribution is -2.15. The minimum Gasteiger partial charge on any atom is -0.309 e. The van der Waals surface area contributed by atoms with E-state index in [9.17, 15) is 0 Å². The van der Waals surface area contributed by atoms with Gasteiger partial charge in [0.05, 0.1) is 55.5 Å². The van der Waals surface area contributed by atoms with E-state index in [2.05, 4.69) is 360 Å². The van der Waals surface area contributed by atoms with Crippen molar-refractivity contribution in [3.05, 3.63) is 339 Å². The molecule has 0 saturated carbocycles. The van der Waals surface area contributed by atoms with Gasteiger partial charge in [0, 0.05) is 93.5 Å². The summed E-state index contributed by atoms with van der Waals surface area (Å²) in [6.45, 7) is 4.77. The van der Waals surface area contributed by atoms with Crippen LogP contribution in [0.3, 0.4) is 0 Å². The van der Waals surface area contributed by atoms with Crippen LogP contribution in [0.25, 0.3) is 199 Å². The van der Waals surface area contributed by atoms with Gasteiger partial charge in [-0.1, -0.05) is 214 Å². The third kappa shape index (κ3) is 8.04. The van der Waals surface area contributed by atoms with E-state index in [4.69, 9.17) is 9.97 Å². The van der Waals surface area contributed by atoms with Crippen LogP contribution >= 0.6 is 0 Å². The predicted octanol–water partition coefficient (Wildman–Crippen LogP) is 24.6. The summed E-state index contributed by atoms with van der Waals surface area (Å²) >= 11 is 0. The molecule has 5 aromatic heterocycles. The molecule has 20 aromatic rings. The molecule has 5 heterocycles. The van der Waals surface area contributed by atoms with Gasteiger partial charge in [-0.2, -0.15) is 0 Å².